The van der Waals surface area contributed by atoms with E-state index in [1.165, 1.54) is 10.4 Å². The van der Waals surface area contributed by atoms with Crippen molar-refractivity contribution in [1.82, 2.24) is 15.0 Å². The first-order chi connectivity index (χ1) is 14.7. The second-order valence-electron chi connectivity index (χ2n) is 7.31. The highest BCUT2D eigenvalue weighted by atomic mass is 32.2. The van der Waals surface area contributed by atoms with Gasteiger partial charge in [-0.05, 0) is 49.1 Å². The number of thioether (sulfide) groups is 1. The number of benzene rings is 1. The molecule has 0 unspecified atom stereocenters. The lowest BCUT2D eigenvalue weighted by Gasteiger charge is -2.06. The van der Waals surface area contributed by atoms with E-state index in [-0.39, 0.29) is 11.5 Å². The number of aromatic amines is 1. The van der Waals surface area contributed by atoms with Crippen molar-refractivity contribution in [3.63, 3.8) is 0 Å². The first-order valence-electron chi connectivity index (χ1n) is 9.93. The predicted octanol–water partition coefficient (Wildman–Crippen LogP) is 4.28. The molecule has 5 rings (SSSR count). The van der Waals surface area contributed by atoms with Crippen molar-refractivity contribution in [2.75, 3.05) is 11.1 Å². The smallest absolute Gasteiger partial charge is 0.259 e. The van der Waals surface area contributed by atoms with Crippen LogP contribution in [-0.2, 0) is 23.4 Å². The molecule has 3 heterocycles. The zero-order valence-electron chi connectivity index (χ0n) is 16.2. The Labute approximate surface area is 181 Å². The van der Waals surface area contributed by atoms with Crippen molar-refractivity contribution >= 4 is 55.8 Å². The van der Waals surface area contributed by atoms with E-state index in [1.54, 1.807) is 29.3 Å². The molecule has 0 saturated carbocycles. The van der Waals surface area contributed by atoms with E-state index >= 15 is 0 Å². The fourth-order valence-corrected chi connectivity index (χ4v) is 5.91. The van der Waals surface area contributed by atoms with Crippen LogP contribution in [0.15, 0.2) is 41.3 Å². The summed E-state index contributed by atoms with van der Waals surface area (Å²) in [4.78, 5) is 38.8. The summed E-state index contributed by atoms with van der Waals surface area (Å²) in [5.41, 5.74) is 2.84. The number of thiophene rings is 1. The Morgan fingerprint density at radius 1 is 1.27 bits per heavy atom. The number of amides is 1. The Morgan fingerprint density at radius 2 is 2.20 bits per heavy atom. The predicted molar refractivity (Wildman–Crippen MR) is 123 cm³/mol. The normalized spacial score (nSPS) is 13.1. The molecule has 1 amide bonds. The summed E-state index contributed by atoms with van der Waals surface area (Å²) in [6.07, 6.45) is 5.32. The van der Waals surface area contributed by atoms with E-state index in [0.717, 1.165) is 46.1 Å². The Kier molecular flexibility index (Phi) is 5.26. The molecule has 2 N–H and O–H groups in total. The van der Waals surface area contributed by atoms with E-state index in [2.05, 4.69) is 20.3 Å². The van der Waals surface area contributed by atoms with E-state index in [0.29, 0.717) is 23.8 Å². The van der Waals surface area contributed by atoms with Gasteiger partial charge in [-0.25, -0.2) is 4.98 Å². The largest absolute Gasteiger partial charge is 0.326 e. The van der Waals surface area contributed by atoms with Gasteiger partial charge in [0.05, 0.1) is 16.7 Å². The van der Waals surface area contributed by atoms with E-state index < -0.39 is 0 Å². The number of pyridine rings is 1. The van der Waals surface area contributed by atoms with Crippen molar-refractivity contribution < 1.29 is 4.79 Å². The van der Waals surface area contributed by atoms with Gasteiger partial charge in [0, 0.05) is 34.3 Å². The van der Waals surface area contributed by atoms with Gasteiger partial charge >= 0.3 is 0 Å². The quantitative estimate of drug-likeness (QED) is 0.441. The highest BCUT2D eigenvalue weighted by Crippen LogP contribution is 2.34. The molecule has 8 heteroatoms. The van der Waals surface area contributed by atoms with Crippen LogP contribution in [0.4, 0.5) is 5.69 Å². The minimum Gasteiger partial charge on any atom is -0.326 e. The van der Waals surface area contributed by atoms with Gasteiger partial charge < -0.3 is 10.3 Å². The number of H-pyrrole nitrogens is 1. The average Bonchev–Trinajstić information content (AvgIpc) is 3.32. The third-order valence-electron chi connectivity index (χ3n) is 5.22. The van der Waals surface area contributed by atoms with Gasteiger partial charge in [-0.1, -0.05) is 6.07 Å². The summed E-state index contributed by atoms with van der Waals surface area (Å²) in [5.74, 6) is 1.89. The van der Waals surface area contributed by atoms with Gasteiger partial charge in [0.2, 0.25) is 5.91 Å². The van der Waals surface area contributed by atoms with Crippen molar-refractivity contribution in [2.24, 2.45) is 0 Å². The average molecular weight is 437 g/mol. The van der Waals surface area contributed by atoms with Gasteiger partial charge in [-0.2, -0.15) is 11.8 Å². The molecule has 0 bridgehead atoms. The van der Waals surface area contributed by atoms with Crippen LogP contribution >= 0.6 is 23.1 Å². The Bertz CT molecular complexity index is 1310. The molecule has 1 aliphatic carbocycles. The molecular weight excluding hydrogens is 416 g/mol. The fourth-order valence-electron chi connectivity index (χ4n) is 3.83. The minimum absolute atomic E-state index is 0.0291. The molecule has 0 fully saturated rings. The summed E-state index contributed by atoms with van der Waals surface area (Å²) in [7, 11) is 0. The lowest BCUT2D eigenvalue weighted by atomic mass is 10.2. The van der Waals surface area contributed by atoms with Crippen LogP contribution in [0.1, 0.15) is 29.1 Å². The maximum Gasteiger partial charge on any atom is 0.259 e. The Balaban J connectivity index is 1.16. The Hall–Kier alpha value is -2.71. The van der Waals surface area contributed by atoms with Crippen LogP contribution in [0, 0.1) is 0 Å². The molecule has 0 aliphatic heterocycles. The standard InChI is InChI=1S/C22H20N4O2S2/c27-19(24-14-6-7-16-13(11-14)3-2-9-23-16)8-10-29-12-18-25-21(28)20-15-4-1-5-17(15)30-22(20)26-18/h2-3,6-7,9,11H,1,4-5,8,10,12H2,(H,24,27)(H,25,26,28). The second kappa shape index (κ2) is 8.20. The summed E-state index contributed by atoms with van der Waals surface area (Å²) in [5, 5.41) is 4.71. The molecular formula is C22H20N4O2S2. The third kappa shape index (κ3) is 3.85. The SMILES string of the molecule is O=C(CCSCc1nc2sc3c(c2c(=O)[nH]1)CCC3)Nc1ccc2ncccc2c1. The van der Waals surface area contributed by atoms with Gasteiger partial charge in [0.1, 0.15) is 10.7 Å². The Morgan fingerprint density at radius 3 is 3.13 bits per heavy atom. The molecule has 30 heavy (non-hydrogen) atoms. The topological polar surface area (TPSA) is 87.7 Å². The maximum absolute atomic E-state index is 12.5. The van der Waals surface area contributed by atoms with Crippen molar-refractivity contribution in [3.8, 4) is 0 Å². The lowest BCUT2D eigenvalue weighted by Crippen LogP contribution is -2.13. The number of rotatable bonds is 6. The van der Waals surface area contributed by atoms with Crippen LogP contribution < -0.4 is 10.9 Å². The third-order valence-corrected chi connectivity index (χ3v) is 7.38. The van der Waals surface area contributed by atoms with Gasteiger partial charge in [-0.15, -0.1) is 11.3 Å². The van der Waals surface area contributed by atoms with Crippen molar-refractivity contribution in [3.05, 3.63) is 63.1 Å². The molecule has 152 valence electrons. The van der Waals surface area contributed by atoms with Crippen LogP contribution in [0.3, 0.4) is 0 Å². The first-order valence-corrected chi connectivity index (χ1v) is 11.9. The second-order valence-corrected chi connectivity index (χ2v) is 9.50. The number of nitrogens with zero attached hydrogens (tertiary/aromatic N) is 2. The minimum atomic E-state index is -0.0303. The molecule has 6 nitrogen and oxygen atoms in total. The molecule has 1 aliphatic rings. The number of nitrogens with one attached hydrogen (secondary N) is 2. The number of hydrogen-bond donors (Lipinski definition) is 2. The summed E-state index contributed by atoms with van der Waals surface area (Å²) in [6.45, 7) is 0. The molecule has 0 atom stereocenters. The van der Waals surface area contributed by atoms with Crippen molar-refractivity contribution in [1.29, 1.82) is 0 Å². The number of carbonyl (C=O) groups is 1. The monoisotopic (exact) mass is 436 g/mol. The maximum atomic E-state index is 12.5. The number of aryl methyl sites for hydroxylation is 2. The van der Waals surface area contributed by atoms with Crippen LogP contribution in [0.5, 0.6) is 0 Å². The number of carbonyl (C=O) groups excluding carboxylic acids is 1. The van der Waals surface area contributed by atoms with Crippen LogP contribution in [0.25, 0.3) is 21.1 Å². The van der Waals surface area contributed by atoms with Crippen molar-refractivity contribution in [2.45, 2.75) is 31.4 Å². The number of fused-ring (bicyclic) bond motifs is 4. The highest BCUT2D eigenvalue weighted by Gasteiger charge is 2.21. The molecule has 3 aromatic heterocycles. The summed E-state index contributed by atoms with van der Waals surface area (Å²) >= 11 is 3.25. The van der Waals surface area contributed by atoms with Gasteiger partial charge in [0.25, 0.3) is 5.56 Å². The zero-order chi connectivity index (χ0) is 20.5. The molecule has 0 radical (unpaired) electrons. The van der Waals surface area contributed by atoms with Gasteiger partial charge in [0.15, 0.2) is 0 Å². The number of hydrogen-bond acceptors (Lipinski definition) is 6. The number of anilines is 1. The highest BCUT2D eigenvalue weighted by molar-refractivity contribution is 7.98. The van der Waals surface area contributed by atoms with Crippen LogP contribution in [-0.4, -0.2) is 26.6 Å². The molecule has 4 aromatic rings. The lowest BCUT2D eigenvalue weighted by molar-refractivity contribution is -0.115. The van der Waals surface area contributed by atoms with Crippen LogP contribution in [0.2, 0.25) is 0 Å². The molecule has 0 spiro atoms. The van der Waals surface area contributed by atoms with E-state index in [1.807, 2.05) is 30.3 Å². The summed E-state index contributed by atoms with van der Waals surface area (Å²) < 4.78 is 0. The summed E-state index contributed by atoms with van der Waals surface area (Å²) in [6, 6.07) is 9.54. The zero-order valence-corrected chi connectivity index (χ0v) is 17.9. The molecule has 1 aromatic carbocycles. The van der Waals surface area contributed by atoms with E-state index in [9.17, 15) is 9.59 Å². The first kappa shape index (κ1) is 19.3. The number of aromatic nitrogens is 3. The van der Waals surface area contributed by atoms with E-state index in [4.69, 9.17) is 0 Å². The van der Waals surface area contributed by atoms with Gasteiger partial charge in [-0.3, -0.25) is 14.6 Å². The molecule has 0 saturated heterocycles. The fraction of sp³-hybridized carbons (Fsp3) is 0.273.